The monoisotopic (exact) mass is 660 g/mol. The second kappa shape index (κ2) is 11.1. The molecule has 0 saturated carbocycles. The Hall–Kier alpha value is -1.42. The first-order chi connectivity index (χ1) is 18.2. The van der Waals surface area contributed by atoms with Crippen LogP contribution in [0.25, 0.3) is 22.3 Å². The average molecular weight is 663 g/mol. The first-order valence-corrected chi connectivity index (χ1v) is 18.7. The van der Waals surface area contributed by atoms with E-state index in [-0.39, 0.29) is 37.0 Å². The fourth-order valence-corrected chi connectivity index (χ4v) is 9.81. The van der Waals surface area contributed by atoms with Gasteiger partial charge in [0.05, 0.1) is 10.8 Å². The van der Waals surface area contributed by atoms with Crippen molar-refractivity contribution in [2.24, 2.45) is 0 Å². The molecule has 0 amide bonds. The number of aryl methyl sites for hydroxylation is 2. The number of hydrogen-bond acceptors (Lipinski definition) is 1. The molecule has 0 saturated heterocycles. The first kappa shape index (κ1) is 29.1. The van der Waals surface area contributed by atoms with Crippen LogP contribution < -0.4 is 14.8 Å². The van der Waals surface area contributed by atoms with Crippen molar-refractivity contribution in [3.63, 3.8) is 0 Å². The van der Waals surface area contributed by atoms with Gasteiger partial charge in [0.25, 0.3) is 0 Å². The standard InChI is InChI=1S/C33H32Cl2OSi2.Zr/c1-6-11-20-16-17-23-21-12-7-9-14-24(21)29(34)27(23)32(20)37-33-28-26(18-19(2)31(33)36-38(3,4)5)22-13-8-10-15-25(22)30(28)35;/h7-10,12-18,29-30H,6,11H2,1-5H3;. The van der Waals surface area contributed by atoms with Crippen molar-refractivity contribution >= 4 is 51.4 Å². The molecule has 0 heterocycles. The zero-order valence-corrected chi connectivity index (χ0v) is 29.1. The number of fused-ring (bicyclic) bond motifs is 6. The maximum atomic E-state index is 7.29. The van der Waals surface area contributed by atoms with Gasteiger partial charge in [-0.1, -0.05) is 74.0 Å². The summed E-state index contributed by atoms with van der Waals surface area (Å²) in [5, 5.41) is 2.28. The minimum atomic E-state index is -1.89. The van der Waals surface area contributed by atoms with Gasteiger partial charge in [0.15, 0.2) is 0 Å². The molecule has 4 aromatic rings. The van der Waals surface area contributed by atoms with Gasteiger partial charge in [-0.3, -0.25) is 0 Å². The SMILES string of the molecule is CCCc1ccc2c(c1[Si]c1c(O[Si](C)(C)C)c(C)cc3c1C(Cl)c1ccccc1-3)C(Cl)c1ccccc1-2.[Zr]. The molecular weight excluding hydrogens is 631 g/mol. The Kier molecular flexibility index (Phi) is 8.28. The van der Waals surface area contributed by atoms with Crippen molar-refractivity contribution in [3.8, 4) is 28.0 Å². The molecule has 196 valence electrons. The van der Waals surface area contributed by atoms with E-state index in [4.69, 9.17) is 27.6 Å². The van der Waals surface area contributed by atoms with Gasteiger partial charge in [0.1, 0.15) is 15.3 Å². The minimum absolute atomic E-state index is 0. The quantitative estimate of drug-likeness (QED) is 0.149. The van der Waals surface area contributed by atoms with Gasteiger partial charge >= 0.3 is 0 Å². The maximum Gasteiger partial charge on any atom is 0.242 e. The van der Waals surface area contributed by atoms with Crippen LogP contribution in [0, 0.1) is 6.92 Å². The van der Waals surface area contributed by atoms with Gasteiger partial charge in [-0.25, -0.2) is 0 Å². The topological polar surface area (TPSA) is 9.23 Å². The number of hydrogen-bond donors (Lipinski definition) is 0. The van der Waals surface area contributed by atoms with Crippen molar-refractivity contribution in [2.45, 2.75) is 57.1 Å². The Morgan fingerprint density at radius 2 is 1.33 bits per heavy atom. The Balaban J connectivity index is 0.00000308. The van der Waals surface area contributed by atoms with Gasteiger partial charge < -0.3 is 4.43 Å². The van der Waals surface area contributed by atoms with E-state index in [1.54, 1.807) is 0 Å². The number of alkyl halides is 2. The van der Waals surface area contributed by atoms with E-state index >= 15 is 0 Å². The zero-order chi connectivity index (χ0) is 26.8. The Morgan fingerprint density at radius 1 is 0.769 bits per heavy atom. The first-order valence-electron chi connectivity index (χ1n) is 13.5. The molecule has 2 radical (unpaired) electrons. The third-order valence-corrected chi connectivity index (χ3v) is 10.9. The second-order valence-corrected chi connectivity index (χ2v) is 18.0. The van der Waals surface area contributed by atoms with Crippen LogP contribution >= 0.6 is 23.2 Å². The summed E-state index contributed by atoms with van der Waals surface area (Å²) in [4.78, 5) is 0. The smallest absolute Gasteiger partial charge is 0.242 e. The van der Waals surface area contributed by atoms with E-state index in [1.807, 2.05) is 0 Å². The van der Waals surface area contributed by atoms with Crippen molar-refractivity contribution in [1.29, 1.82) is 0 Å². The number of rotatable bonds is 6. The van der Waals surface area contributed by atoms with Crippen LogP contribution in [-0.4, -0.2) is 17.8 Å². The third kappa shape index (κ3) is 4.99. The molecule has 0 aliphatic heterocycles. The Bertz CT molecular complexity index is 1580. The Morgan fingerprint density at radius 3 is 1.92 bits per heavy atom. The molecule has 0 N–H and O–H groups in total. The van der Waals surface area contributed by atoms with Crippen LogP contribution in [-0.2, 0) is 32.6 Å². The third-order valence-electron chi connectivity index (χ3n) is 7.57. The molecule has 1 nitrogen and oxygen atoms in total. The van der Waals surface area contributed by atoms with Crippen LogP contribution in [0.3, 0.4) is 0 Å². The summed E-state index contributed by atoms with van der Waals surface area (Å²) < 4.78 is 6.87. The van der Waals surface area contributed by atoms with Crippen LogP contribution in [0.15, 0.2) is 66.7 Å². The number of halogens is 2. The van der Waals surface area contributed by atoms with Crippen molar-refractivity contribution < 1.29 is 30.6 Å². The predicted molar refractivity (Wildman–Crippen MR) is 167 cm³/mol. The molecule has 2 aliphatic rings. The van der Waals surface area contributed by atoms with E-state index in [9.17, 15) is 0 Å². The van der Waals surface area contributed by atoms with Crippen LogP contribution in [0.5, 0.6) is 5.75 Å². The predicted octanol–water partition coefficient (Wildman–Crippen LogP) is 8.43. The minimum Gasteiger partial charge on any atom is -0.544 e. The average Bonchev–Trinajstić information content (AvgIpc) is 3.33. The van der Waals surface area contributed by atoms with E-state index in [0.717, 1.165) is 18.6 Å². The summed E-state index contributed by atoms with van der Waals surface area (Å²) >= 11 is 14.6. The molecule has 4 aromatic carbocycles. The zero-order valence-electron chi connectivity index (χ0n) is 23.1. The molecule has 0 aromatic heterocycles. The van der Waals surface area contributed by atoms with E-state index in [1.165, 1.54) is 66.0 Å². The molecule has 0 spiro atoms. The van der Waals surface area contributed by atoms with Gasteiger partial charge in [0.2, 0.25) is 8.32 Å². The van der Waals surface area contributed by atoms with Crippen molar-refractivity contribution in [2.75, 3.05) is 0 Å². The van der Waals surface area contributed by atoms with E-state index < -0.39 is 8.32 Å². The molecule has 2 unspecified atom stereocenters. The van der Waals surface area contributed by atoms with Gasteiger partial charge in [0, 0.05) is 26.2 Å². The van der Waals surface area contributed by atoms with Crippen LogP contribution in [0.1, 0.15) is 57.5 Å². The summed E-state index contributed by atoms with van der Waals surface area (Å²) in [6, 6.07) is 24.1. The second-order valence-electron chi connectivity index (χ2n) is 11.4. The van der Waals surface area contributed by atoms with E-state index in [2.05, 4.69) is 100 Å². The largest absolute Gasteiger partial charge is 0.544 e. The van der Waals surface area contributed by atoms with Gasteiger partial charge in [-0.15, -0.1) is 23.2 Å². The molecule has 0 bridgehead atoms. The molecule has 6 heteroatoms. The molecule has 2 aliphatic carbocycles. The maximum absolute atomic E-state index is 7.29. The summed E-state index contributed by atoms with van der Waals surface area (Å²) in [7, 11) is -1.49. The fourth-order valence-electron chi connectivity index (χ4n) is 6.01. The Labute approximate surface area is 265 Å². The summed E-state index contributed by atoms with van der Waals surface area (Å²) in [6.45, 7) is 11.2. The van der Waals surface area contributed by atoms with Crippen LogP contribution in [0.4, 0.5) is 0 Å². The summed E-state index contributed by atoms with van der Waals surface area (Å²) in [5.74, 6) is 1.03. The van der Waals surface area contributed by atoms with Crippen LogP contribution in [0.2, 0.25) is 19.6 Å². The molecule has 6 rings (SSSR count). The van der Waals surface area contributed by atoms with Gasteiger partial charge in [-0.05, 0) is 105 Å². The van der Waals surface area contributed by atoms with Gasteiger partial charge in [-0.2, -0.15) is 0 Å². The van der Waals surface area contributed by atoms with E-state index in [0.29, 0.717) is 9.52 Å². The molecular formula is C33H32Cl2OSi2Zr. The fraction of sp³-hybridized carbons (Fsp3) is 0.273. The summed E-state index contributed by atoms with van der Waals surface area (Å²) in [5.41, 5.74) is 12.5. The number of benzene rings is 4. The van der Waals surface area contributed by atoms with Crippen molar-refractivity contribution in [1.82, 2.24) is 0 Å². The normalized spacial score (nSPS) is 16.7. The summed E-state index contributed by atoms with van der Waals surface area (Å²) in [6.07, 6.45) is 2.11. The molecule has 0 fully saturated rings. The molecule has 39 heavy (non-hydrogen) atoms. The van der Waals surface area contributed by atoms with Crippen molar-refractivity contribution in [3.05, 3.63) is 100 Å². The molecule has 2 atom stereocenters.